The number of benzene rings is 2. The Balaban J connectivity index is 2.06. The minimum atomic E-state index is -4.63. The van der Waals surface area contributed by atoms with E-state index >= 15 is 0 Å². The van der Waals surface area contributed by atoms with Crippen molar-refractivity contribution in [1.82, 2.24) is 0 Å². The highest BCUT2D eigenvalue weighted by Gasteiger charge is 2.31. The van der Waals surface area contributed by atoms with E-state index in [1.165, 1.54) is 24.3 Å². The average Bonchev–Trinajstić information content (AvgIpc) is 2.59. The first-order chi connectivity index (χ1) is 13.4. The molecule has 2 rings (SSSR count). The first-order valence-corrected chi connectivity index (χ1v) is 10.0. The molecule has 2 aromatic carbocycles. The molecule has 0 heterocycles. The van der Waals surface area contributed by atoms with Gasteiger partial charge in [0.15, 0.2) is 6.61 Å². The van der Waals surface area contributed by atoms with Gasteiger partial charge in [0.25, 0.3) is 5.91 Å². The van der Waals surface area contributed by atoms with Crippen LogP contribution in [0.2, 0.25) is 5.02 Å². The van der Waals surface area contributed by atoms with Gasteiger partial charge in [-0.15, -0.1) is 0 Å². The van der Waals surface area contributed by atoms with Crippen LogP contribution in [-0.2, 0) is 25.7 Å². The first-order valence-electron chi connectivity index (χ1n) is 7.77. The van der Waals surface area contributed by atoms with E-state index < -0.39 is 40.2 Å². The van der Waals surface area contributed by atoms with Crippen LogP contribution in [0.25, 0.3) is 0 Å². The Morgan fingerprint density at radius 2 is 1.76 bits per heavy atom. The van der Waals surface area contributed by atoms with Crippen LogP contribution in [0.15, 0.2) is 42.5 Å². The quantitative estimate of drug-likeness (QED) is 0.656. The Kier molecular flexibility index (Phi) is 6.75. The predicted molar refractivity (Wildman–Crippen MR) is 100 cm³/mol. The van der Waals surface area contributed by atoms with Gasteiger partial charge in [0.1, 0.15) is 0 Å². The van der Waals surface area contributed by atoms with Gasteiger partial charge in [0, 0.05) is 0 Å². The molecule has 0 fully saturated rings. The second-order valence-corrected chi connectivity index (χ2v) is 7.89. The molecular formula is C17H14ClF3N2O5S. The van der Waals surface area contributed by atoms with Gasteiger partial charge in [-0.3, -0.25) is 9.52 Å². The lowest BCUT2D eigenvalue weighted by molar-refractivity contribution is -0.137. The van der Waals surface area contributed by atoms with Crippen LogP contribution < -0.4 is 10.0 Å². The average molecular weight is 451 g/mol. The van der Waals surface area contributed by atoms with Gasteiger partial charge in [0.05, 0.1) is 33.8 Å². The first kappa shape index (κ1) is 22.5. The van der Waals surface area contributed by atoms with E-state index in [9.17, 15) is 31.2 Å². The summed E-state index contributed by atoms with van der Waals surface area (Å²) >= 11 is 5.78. The van der Waals surface area contributed by atoms with E-state index in [0.717, 1.165) is 18.4 Å². The van der Waals surface area contributed by atoms with Gasteiger partial charge in [-0.2, -0.15) is 13.2 Å². The molecule has 0 saturated heterocycles. The maximum absolute atomic E-state index is 12.8. The molecule has 12 heteroatoms. The molecule has 0 radical (unpaired) electrons. The molecule has 29 heavy (non-hydrogen) atoms. The van der Waals surface area contributed by atoms with Gasteiger partial charge in [-0.25, -0.2) is 13.2 Å². The van der Waals surface area contributed by atoms with Crippen LogP contribution in [0.3, 0.4) is 0 Å². The van der Waals surface area contributed by atoms with Gasteiger partial charge in [-0.1, -0.05) is 23.7 Å². The number of anilines is 2. The van der Waals surface area contributed by atoms with Crippen molar-refractivity contribution < 1.29 is 35.9 Å². The summed E-state index contributed by atoms with van der Waals surface area (Å²) < 4.78 is 67.9. The lowest BCUT2D eigenvalue weighted by Crippen LogP contribution is -2.22. The normalized spacial score (nSPS) is 11.6. The van der Waals surface area contributed by atoms with Crippen LogP contribution in [0.4, 0.5) is 24.5 Å². The summed E-state index contributed by atoms with van der Waals surface area (Å²) in [4.78, 5) is 24.1. The number of amides is 1. The molecule has 0 atom stereocenters. The Hall–Kier alpha value is -2.79. The third kappa shape index (κ3) is 6.64. The Labute approximate surface area is 168 Å². The van der Waals surface area contributed by atoms with Crippen LogP contribution in [0, 0.1) is 0 Å². The van der Waals surface area contributed by atoms with Gasteiger partial charge >= 0.3 is 12.1 Å². The summed E-state index contributed by atoms with van der Waals surface area (Å²) in [6.07, 6.45) is -3.74. The number of nitrogens with one attached hydrogen (secondary N) is 2. The maximum Gasteiger partial charge on any atom is 0.416 e. The lowest BCUT2D eigenvalue weighted by Gasteiger charge is -2.12. The Morgan fingerprint density at radius 1 is 1.10 bits per heavy atom. The molecule has 0 spiro atoms. The number of para-hydroxylation sites is 1. The number of alkyl halides is 3. The zero-order chi connectivity index (χ0) is 21.8. The molecule has 2 aromatic rings. The summed E-state index contributed by atoms with van der Waals surface area (Å²) in [6, 6.07) is 7.90. The molecule has 7 nitrogen and oxygen atoms in total. The van der Waals surface area contributed by atoms with E-state index in [1.54, 1.807) is 0 Å². The SMILES string of the molecule is CS(=O)(=O)Nc1ccccc1C(=O)OCC(=O)Nc1cc(C(F)(F)F)ccc1Cl. The van der Waals surface area contributed by atoms with Gasteiger partial charge in [0.2, 0.25) is 10.0 Å². The second-order valence-electron chi connectivity index (χ2n) is 5.74. The standard InChI is InChI=1S/C17H14ClF3N2O5S/c1-29(26,27)23-13-5-3-2-4-11(13)16(25)28-9-15(24)22-14-8-10(17(19,20)21)6-7-12(14)18/h2-8,23H,9H2,1H3,(H,22,24). The highest BCUT2D eigenvalue weighted by atomic mass is 35.5. The van der Waals surface area contributed by atoms with E-state index in [-0.39, 0.29) is 22.0 Å². The molecule has 0 aliphatic carbocycles. The van der Waals surface area contributed by atoms with Crippen LogP contribution in [0.5, 0.6) is 0 Å². The summed E-state index contributed by atoms with van der Waals surface area (Å²) in [7, 11) is -3.67. The zero-order valence-electron chi connectivity index (χ0n) is 14.7. The van der Waals surface area contributed by atoms with Gasteiger partial charge in [-0.05, 0) is 30.3 Å². The van der Waals surface area contributed by atoms with Crippen molar-refractivity contribution >= 4 is 44.9 Å². The molecule has 1 amide bonds. The fourth-order valence-corrected chi connectivity index (χ4v) is 2.88. The fraction of sp³-hybridized carbons (Fsp3) is 0.176. The maximum atomic E-state index is 12.8. The van der Waals surface area contributed by atoms with Crippen molar-refractivity contribution in [3.8, 4) is 0 Å². The molecule has 0 unspecified atom stereocenters. The number of esters is 1. The molecule has 0 bridgehead atoms. The molecule has 0 saturated carbocycles. The van der Waals surface area contributed by atoms with E-state index in [4.69, 9.17) is 16.3 Å². The zero-order valence-corrected chi connectivity index (χ0v) is 16.3. The van der Waals surface area contributed by atoms with Gasteiger partial charge < -0.3 is 10.1 Å². The molecule has 0 aliphatic heterocycles. The topological polar surface area (TPSA) is 102 Å². The Bertz CT molecular complexity index is 1040. The Morgan fingerprint density at radius 3 is 2.38 bits per heavy atom. The van der Waals surface area contributed by atoms with Crippen molar-refractivity contribution in [2.75, 3.05) is 22.9 Å². The number of hydrogen-bond donors (Lipinski definition) is 2. The highest BCUT2D eigenvalue weighted by Crippen LogP contribution is 2.33. The summed E-state index contributed by atoms with van der Waals surface area (Å²) in [5.74, 6) is -1.95. The summed E-state index contributed by atoms with van der Waals surface area (Å²) in [5.41, 5.74) is -1.53. The highest BCUT2D eigenvalue weighted by molar-refractivity contribution is 7.92. The molecule has 0 aromatic heterocycles. The lowest BCUT2D eigenvalue weighted by atomic mass is 10.2. The van der Waals surface area contributed by atoms with Crippen LogP contribution in [-0.4, -0.2) is 33.2 Å². The fourth-order valence-electron chi connectivity index (χ4n) is 2.14. The number of sulfonamides is 1. The van der Waals surface area contributed by atoms with Crippen molar-refractivity contribution in [3.63, 3.8) is 0 Å². The number of carbonyl (C=O) groups excluding carboxylic acids is 2. The number of hydrogen-bond acceptors (Lipinski definition) is 5. The molecule has 2 N–H and O–H groups in total. The summed E-state index contributed by atoms with van der Waals surface area (Å²) in [6.45, 7) is -0.835. The van der Waals surface area contributed by atoms with Crippen molar-refractivity contribution in [1.29, 1.82) is 0 Å². The van der Waals surface area contributed by atoms with E-state index in [2.05, 4.69) is 10.0 Å². The van der Waals surface area contributed by atoms with Crippen molar-refractivity contribution in [2.24, 2.45) is 0 Å². The van der Waals surface area contributed by atoms with E-state index in [0.29, 0.717) is 6.07 Å². The largest absolute Gasteiger partial charge is 0.452 e. The minimum absolute atomic E-state index is 0.0543. The smallest absolute Gasteiger partial charge is 0.416 e. The molecule has 156 valence electrons. The van der Waals surface area contributed by atoms with Crippen molar-refractivity contribution in [3.05, 3.63) is 58.6 Å². The van der Waals surface area contributed by atoms with Crippen molar-refractivity contribution in [2.45, 2.75) is 6.18 Å². The molecular weight excluding hydrogens is 437 g/mol. The molecule has 0 aliphatic rings. The van der Waals surface area contributed by atoms with Crippen LogP contribution >= 0.6 is 11.6 Å². The number of halogens is 4. The summed E-state index contributed by atoms with van der Waals surface area (Å²) in [5, 5.41) is 1.98. The number of rotatable bonds is 6. The predicted octanol–water partition coefficient (Wildman–Crippen LogP) is 3.53. The van der Waals surface area contributed by atoms with E-state index in [1.807, 2.05) is 0 Å². The monoisotopic (exact) mass is 450 g/mol. The third-order valence-corrected chi connectivity index (χ3v) is 4.26. The van der Waals surface area contributed by atoms with Crippen LogP contribution in [0.1, 0.15) is 15.9 Å². The second kappa shape index (κ2) is 8.70. The number of carbonyl (C=O) groups is 2. The number of ether oxygens (including phenoxy) is 1. The minimum Gasteiger partial charge on any atom is -0.452 e. The third-order valence-electron chi connectivity index (χ3n) is 3.34.